The minimum absolute atomic E-state index is 0.0571. The highest BCUT2D eigenvalue weighted by atomic mass is 16.5. The number of hydrogen-bond acceptors (Lipinski definition) is 4. The van der Waals surface area contributed by atoms with E-state index in [4.69, 9.17) is 10.5 Å². The van der Waals surface area contributed by atoms with E-state index >= 15 is 0 Å². The summed E-state index contributed by atoms with van der Waals surface area (Å²) >= 11 is 0. The van der Waals surface area contributed by atoms with Crippen molar-refractivity contribution in [3.8, 4) is 5.75 Å². The van der Waals surface area contributed by atoms with E-state index in [1.165, 1.54) is 0 Å². The van der Waals surface area contributed by atoms with Crippen molar-refractivity contribution in [3.63, 3.8) is 0 Å². The average Bonchev–Trinajstić information content (AvgIpc) is 3.52. The number of anilines is 1. The van der Waals surface area contributed by atoms with Crippen LogP contribution in [0.15, 0.2) is 48.5 Å². The summed E-state index contributed by atoms with van der Waals surface area (Å²) in [5.74, 6) is -0.434. The molecule has 0 bridgehead atoms. The Morgan fingerprint density at radius 1 is 1.11 bits per heavy atom. The maximum Gasteiger partial charge on any atom is 0.255 e. The van der Waals surface area contributed by atoms with Crippen LogP contribution in [0.2, 0.25) is 0 Å². The predicted molar refractivity (Wildman–Crippen MR) is 105 cm³/mol. The molecule has 0 heterocycles. The first-order valence-corrected chi connectivity index (χ1v) is 9.16. The van der Waals surface area contributed by atoms with Gasteiger partial charge in [-0.15, -0.1) is 0 Å². The Bertz CT molecular complexity index is 875. The second kappa shape index (κ2) is 8.56. The summed E-state index contributed by atoms with van der Waals surface area (Å²) < 4.78 is 5.31. The van der Waals surface area contributed by atoms with E-state index in [9.17, 15) is 14.4 Å². The zero-order chi connectivity index (χ0) is 20.1. The molecule has 3 amide bonds. The minimum atomic E-state index is -0.613. The summed E-state index contributed by atoms with van der Waals surface area (Å²) in [6.45, 7) is 1.57. The summed E-state index contributed by atoms with van der Waals surface area (Å²) in [5.41, 5.74) is 7.05. The Labute approximate surface area is 163 Å². The molecule has 2 aromatic carbocycles. The summed E-state index contributed by atoms with van der Waals surface area (Å²) in [6.07, 6.45) is 1.91. The molecule has 7 nitrogen and oxygen atoms in total. The van der Waals surface area contributed by atoms with Crippen LogP contribution in [0.3, 0.4) is 0 Å². The van der Waals surface area contributed by atoms with Crippen LogP contribution in [0.1, 0.15) is 41.7 Å². The van der Waals surface area contributed by atoms with Crippen LogP contribution in [0, 0.1) is 5.92 Å². The third-order valence-corrected chi connectivity index (χ3v) is 4.48. The number of hydrogen-bond donors (Lipinski definition) is 3. The molecule has 28 heavy (non-hydrogen) atoms. The number of nitrogens with two attached hydrogens (primary N) is 1. The van der Waals surface area contributed by atoms with Gasteiger partial charge in [-0.3, -0.25) is 14.4 Å². The standard InChI is InChI=1S/C21H23N3O4/c1-13(14-8-10-16(11-9-14)24-20(26)15-6-7-15)23-21(27)17-4-2-3-5-18(17)28-12-19(22)25/h2-5,8-11,13,15H,6-7,12H2,1H3,(H2,22,25)(H,23,27)(H,24,26). The number of amides is 3. The molecule has 1 atom stereocenters. The van der Waals surface area contributed by atoms with Crippen molar-refractivity contribution < 1.29 is 19.1 Å². The Morgan fingerprint density at radius 2 is 1.79 bits per heavy atom. The number of rotatable bonds is 8. The molecule has 0 saturated heterocycles. The van der Waals surface area contributed by atoms with Crippen LogP contribution in [0.4, 0.5) is 5.69 Å². The number of carbonyl (C=O) groups excluding carboxylic acids is 3. The highest BCUT2D eigenvalue weighted by Gasteiger charge is 2.29. The number of para-hydroxylation sites is 1. The van der Waals surface area contributed by atoms with Crippen molar-refractivity contribution >= 4 is 23.4 Å². The van der Waals surface area contributed by atoms with Gasteiger partial charge in [0.15, 0.2) is 6.61 Å². The fourth-order valence-electron chi connectivity index (χ4n) is 2.73. The first kappa shape index (κ1) is 19.4. The van der Waals surface area contributed by atoms with Crippen molar-refractivity contribution in [3.05, 3.63) is 59.7 Å². The minimum Gasteiger partial charge on any atom is -0.483 e. The molecule has 1 aliphatic rings. The highest BCUT2D eigenvalue weighted by molar-refractivity contribution is 5.97. The third-order valence-electron chi connectivity index (χ3n) is 4.48. The van der Waals surface area contributed by atoms with Gasteiger partial charge in [0.1, 0.15) is 5.75 Å². The average molecular weight is 381 g/mol. The predicted octanol–water partition coefficient (Wildman–Crippen LogP) is 2.39. The van der Waals surface area contributed by atoms with Gasteiger partial charge < -0.3 is 21.1 Å². The van der Waals surface area contributed by atoms with Gasteiger partial charge in [-0.2, -0.15) is 0 Å². The largest absolute Gasteiger partial charge is 0.483 e. The van der Waals surface area contributed by atoms with Crippen molar-refractivity contribution in [1.29, 1.82) is 0 Å². The van der Waals surface area contributed by atoms with Crippen molar-refractivity contribution in [1.82, 2.24) is 5.32 Å². The molecule has 1 fully saturated rings. The highest BCUT2D eigenvalue weighted by Crippen LogP contribution is 2.30. The van der Waals surface area contributed by atoms with Gasteiger partial charge in [0.05, 0.1) is 11.6 Å². The Balaban J connectivity index is 1.62. The molecule has 1 aliphatic carbocycles. The lowest BCUT2D eigenvalue weighted by Crippen LogP contribution is -2.28. The van der Waals surface area contributed by atoms with E-state index < -0.39 is 5.91 Å². The molecule has 146 valence electrons. The second-order valence-electron chi connectivity index (χ2n) is 6.83. The van der Waals surface area contributed by atoms with Crippen LogP contribution < -0.4 is 21.1 Å². The smallest absolute Gasteiger partial charge is 0.255 e. The van der Waals surface area contributed by atoms with E-state index in [0.29, 0.717) is 11.3 Å². The zero-order valence-electron chi connectivity index (χ0n) is 15.6. The lowest BCUT2D eigenvalue weighted by molar-refractivity contribution is -0.120. The molecule has 0 spiro atoms. The normalized spacial score (nSPS) is 14.0. The van der Waals surface area contributed by atoms with Crippen LogP contribution in [-0.4, -0.2) is 24.3 Å². The van der Waals surface area contributed by atoms with E-state index in [2.05, 4.69) is 10.6 Å². The molecule has 1 unspecified atom stereocenters. The number of benzene rings is 2. The van der Waals surface area contributed by atoms with Crippen LogP contribution in [-0.2, 0) is 9.59 Å². The summed E-state index contributed by atoms with van der Waals surface area (Å²) in [4.78, 5) is 35.4. The van der Waals surface area contributed by atoms with Crippen molar-refractivity contribution in [2.75, 3.05) is 11.9 Å². The maximum atomic E-state index is 12.6. The van der Waals surface area contributed by atoms with Crippen molar-refractivity contribution in [2.45, 2.75) is 25.8 Å². The van der Waals surface area contributed by atoms with E-state index in [0.717, 1.165) is 24.1 Å². The van der Waals surface area contributed by atoms with Crippen LogP contribution in [0.5, 0.6) is 5.75 Å². The Morgan fingerprint density at radius 3 is 2.43 bits per heavy atom. The number of nitrogens with one attached hydrogen (secondary N) is 2. The number of primary amides is 1. The first-order chi connectivity index (χ1) is 13.4. The molecule has 7 heteroatoms. The van der Waals surface area contributed by atoms with Gasteiger partial charge in [-0.25, -0.2) is 0 Å². The second-order valence-corrected chi connectivity index (χ2v) is 6.83. The fraction of sp³-hybridized carbons (Fsp3) is 0.286. The molecule has 1 saturated carbocycles. The van der Waals surface area contributed by atoms with Gasteiger partial charge in [0.25, 0.3) is 11.8 Å². The monoisotopic (exact) mass is 381 g/mol. The van der Waals surface area contributed by atoms with Gasteiger partial charge in [0.2, 0.25) is 5.91 Å². The number of ether oxygens (including phenoxy) is 1. The van der Waals surface area contributed by atoms with Gasteiger partial charge in [0, 0.05) is 11.6 Å². The van der Waals surface area contributed by atoms with Crippen molar-refractivity contribution in [2.24, 2.45) is 11.7 Å². The topological polar surface area (TPSA) is 111 Å². The first-order valence-electron chi connectivity index (χ1n) is 9.16. The molecule has 3 rings (SSSR count). The van der Waals surface area contributed by atoms with E-state index in [1.54, 1.807) is 24.3 Å². The quantitative estimate of drug-likeness (QED) is 0.652. The van der Waals surface area contributed by atoms with Gasteiger partial charge in [-0.1, -0.05) is 24.3 Å². The lowest BCUT2D eigenvalue weighted by Gasteiger charge is -2.16. The van der Waals surface area contributed by atoms with Crippen LogP contribution >= 0.6 is 0 Å². The molecular weight excluding hydrogens is 358 g/mol. The molecule has 0 aliphatic heterocycles. The summed E-state index contributed by atoms with van der Waals surface area (Å²) in [7, 11) is 0. The Hall–Kier alpha value is -3.35. The molecular formula is C21H23N3O4. The molecule has 2 aromatic rings. The van der Waals surface area contributed by atoms with Gasteiger partial charge in [-0.05, 0) is 49.6 Å². The summed E-state index contributed by atoms with van der Waals surface area (Å²) in [5, 5.41) is 5.79. The Kier molecular flexibility index (Phi) is 5.93. The van der Waals surface area contributed by atoms with Crippen LogP contribution in [0.25, 0.3) is 0 Å². The molecule has 0 radical (unpaired) electrons. The summed E-state index contributed by atoms with van der Waals surface area (Å²) in [6, 6.07) is 13.8. The zero-order valence-corrected chi connectivity index (χ0v) is 15.6. The lowest BCUT2D eigenvalue weighted by atomic mass is 10.1. The molecule has 0 aromatic heterocycles. The maximum absolute atomic E-state index is 12.6. The fourth-order valence-corrected chi connectivity index (χ4v) is 2.73. The molecule has 4 N–H and O–H groups in total. The van der Waals surface area contributed by atoms with E-state index in [1.807, 2.05) is 31.2 Å². The third kappa shape index (κ3) is 5.09. The SMILES string of the molecule is CC(NC(=O)c1ccccc1OCC(N)=O)c1ccc(NC(=O)C2CC2)cc1. The van der Waals surface area contributed by atoms with E-state index in [-0.39, 0.29) is 30.4 Å². The number of carbonyl (C=O) groups is 3. The van der Waals surface area contributed by atoms with Gasteiger partial charge >= 0.3 is 0 Å².